The molecule has 0 rings (SSSR count). The highest BCUT2D eigenvalue weighted by Gasteiger charge is 2.31. The summed E-state index contributed by atoms with van der Waals surface area (Å²) >= 11 is 0. The monoisotopic (exact) mass is 421 g/mol. The van der Waals surface area contributed by atoms with Gasteiger partial charge in [-0.05, 0) is 19.4 Å². The summed E-state index contributed by atoms with van der Waals surface area (Å²) in [5, 5.41) is 2.23. The van der Waals surface area contributed by atoms with E-state index in [1.165, 1.54) is 19.1 Å². The first-order chi connectivity index (χ1) is 13.0. The Labute approximate surface area is 165 Å². The van der Waals surface area contributed by atoms with E-state index in [2.05, 4.69) is 18.5 Å². The van der Waals surface area contributed by atoms with Crippen molar-refractivity contribution in [1.82, 2.24) is 5.32 Å². The van der Waals surface area contributed by atoms with Crippen molar-refractivity contribution in [2.45, 2.75) is 32.4 Å². The average Bonchev–Trinajstić information content (AvgIpc) is 2.60. The fraction of sp³-hybridized carbons (Fsp3) is 0.471. The predicted molar refractivity (Wildman–Crippen MR) is 102 cm³/mol. The highest BCUT2D eigenvalue weighted by Crippen LogP contribution is 2.06. The summed E-state index contributed by atoms with van der Waals surface area (Å²) in [5.74, 6) is -2.70. The number of hydrogen-bond acceptors (Lipinski definition) is 8. The van der Waals surface area contributed by atoms with Crippen LogP contribution in [0.1, 0.15) is 21.7 Å². The van der Waals surface area contributed by atoms with Crippen LogP contribution in [0.5, 0.6) is 0 Å². The Morgan fingerprint density at radius 1 is 1.25 bits per heavy atom. The van der Waals surface area contributed by atoms with Crippen LogP contribution in [0.3, 0.4) is 0 Å². The molecule has 0 aromatic heterocycles. The van der Waals surface area contributed by atoms with Crippen molar-refractivity contribution in [2.24, 2.45) is 0 Å². The topological polar surface area (TPSA) is 145 Å². The summed E-state index contributed by atoms with van der Waals surface area (Å²) in [4.78, 5) is 35.7. The molecule has 0 heterocycles. The second-order valence-electron chi connectivity index (χ2n) is 5.36. The number of ether oxygens (including phenoxy) is 3. The Morgan fingerprint density at radius 3 is 2.39 bits per heavy atom. The summed E-state index contributed by atoms with van der Waals surface area (Å²) in [6.07, 6.45) is 1.71. The van der Waals surface area contributed by atoms with Crippen molar-refractivity contribution in [1.29, 1.82) is 0 Å². The van der Waals surface area contributed by atoms with Crippen LogP contribution in [0.2, 0.25) is 0 Å². The highest BCUT2D eigenvalue weighted by molar-refractivity contribution is 7.85. The van der Waals surface area contributed by atoms with E-state index in [1.54, 1.807) is 13.0 Å². The largest absolute Gasteiger partial charge is 0.464 e. The van der Waals surface area contributed by atoms with E-state index in [9.17, 15) is 22.8 Å². The number of alkyl carbamates (subject to hydrolysis) is 1. The number of amides is 1. The van der Waals surface area contributed by atoms with Gasteiger partial charge in [-0.3, -0.25) is 9.35 Å². The van der Waals surface area contributed by atoms with Gasteiger partial charge in [0.25, 0.3) is 10.1 Å². The zero-order valence-corrected chi connectivity index (χ0v) is 16.6. The van der Waals surface area contributed by atoms with Crippen LogP contribution in [0, 0.1) is 0 Å². The summed E-state index contributed by atoms with van der Waals surface area (Å²) in [6, 6.07) is -1.39. The maximum absolute atomic E-state index is 12.1. The van der Waals surface area contributed by atoms with Crippen molar-refractivity contribution >= 4 is 28.1 Å². The molecule has 11 heteroatoms. The molecule has 0 aliphatic carbocycles. The van der Waals surface area contributed by atoms with Gasteiger partial charge in [0, 0.05) is 1.43 Å². The van der Waals surface area contributed by atoms with Gasteiger partial charge in [-0.15, -0.1) is 0 Å². The molecule has 0 saturated heterocycles. The van der Waals surface area contributed by atoms with E-state index in [0.717, 1.165) is 0 Å². The normalized spacial score (nSPS) is 13.6. The maximum Gasteiger partial charge on any atom is 0.408 e. The van der Waals surface area contributed by atoms with Crippen LogP contribution in [0.4, 0.5) is 4.79 Å². The number of nitrogens with one attached hydrogen (secondary N) is 1. The van der Waals surface area contributed by atoms with Gasteiger partial charge >= 0.3 is 18.0 Å². The molecule has 2 N–H and O–H groups in total. The molecule has 28 heavy (non-hydrogen) atoms. The smallest absolute Gasteiger partial charge is 0.408 e. The van der Waals surface area contributed by atoms with Gasteiger partial charge in [-0.2, -0.15) is 8.42 Å². The third kappa shape index (κ3) is 11.1. The predicted octanol–water partition coefficient (Wildman–Crippen LogP) is 1.40. The lowest BCUT2D eigenvalue weighted by Crippen LogP contribution is -2.50. The van der Waals surface area contributed by atoms with E-state index < -0.39 is 52.5 Å². The zero-order chi connectivity index (χ0) is 21.7. The Morgan fingerprint density at radius 2 is 1.89 bits per heavy atom. The van der Waals surface area contributed by atoms with Crippen LogP contribution in [-0.4, -0.2) is 62.1 Å². The van der Waals surface area contributed by atoms with Gasteiger partial charge in [0.1, 0.15) is 12.7 Å². The van der Waals surface area contributed by atoms with Crippen molar-refractivity contribution < 1.29 is 43.0 Å². The van der Waals surface area contributed by atoms with E-state index in [1.807, 2.05) is 0 Å². The molecule has 160 valence electrons. The van der Waals surface area contributed by atoms with Gasteiger partial charge in [0.2, 0.25) is 0 Å². The molecular formula is C17H27NO9S. The number of rotatable bonds is 12. The first-order valence-electron chi connectivity index (χ1n) is 8.22. The first kappa shape index (κ1) is 25.3. The second kappa shape index (κ2) is 12.7. The molecule has 0 aliphatic rings. The summed E-state index contributed by atoms with van der Waals surface area (Å²) in [6.45, 7) is 9.78. The molecular weight excluding hydrogens is 394 g/mol. The Hall–Kier alpha value is -2.66. The minimum absolute atomic E-state index is 0. The molecule has 0 radical (unpaired) electrons. The highest BCUT2D eigenvalue weighted by atomic mass is 32.2. The lowest BCUT2D eigenvalue weighted by molar-refractivity contribution is -0.156. The second-order valence-corrected chi connectivity index (χ2v) is 6.93. The molecule has 0 bridgehead atoms. The Kier molecular flexibility index (Phi) is 11.5. The summed E-state index contributed by atoms with van der Waals surface area (Å²) in [7, 11) is -4.34. The van der Waals surface area contributed by atoms with Gasteiger partial charge in [-0.25, -0.2) is 9.59 Å². The molecule has 10 nitrogen and oxygen atoms in total. The third-order valence-electron chi connectivity index (χ3n) is 3.13. The fourth-order valence-corrected chi connectivity index (χ4v) is 2.22. The van der Waals surface area contributed by atoms with Crippen molar-refractivity contribution in [3.05, 3.63) is 37.0 Å². The van der Waals surface area contributed by atoms with E-state index in [4.69, 9.17) is 18.8 Å². The maximum atomic E-state index is 12.1. The molecule has 0 aromatic rings. The molecule has 0 saturated carbocycles. The molecule has 0 spiro atoms. The quantitative estimate of drug-likeness (QED) is 0.207. The van der Waals surface area contributed by atoms with Crippen molar-refractivity contribution in [3.63, 3.8) is 0 Å². The third-order valence-corrected chi connectivity index (χ3v) is 3.85. The number of carbonyl (C=O) groups excluding carboxylic acids is 3. The summed E-state index contributed by atoms with van der Waals surface area (Å²) < 4.78 is 44.7. The minimum atomic E-state index is -4.34. The number of carbonyl (C=O) groups is 3. The van der Waals surface area contributed by atoms with E-state index >= 15 is 0 Å². The van der Waals surface area contributed by atoms with Crippen LogP contribution < -0.4 is 5.32 Å². The average molecular weight is 421 g/mol. The lowest BCUT2D eigenvalue weighted by Gasteiger charge is -2.23. The van der Waals surface area contributed by atoms with Gasteiger partial charge in [0.15, 0.2) is 6.04 Å². The van der Waals surface area contributed by atoms with Crippen LogP contribution in [-0.2, 0) is 33.9 Å². The van der Waals surface area contributed by atoms with Crippen LogP contribution >= 0.6 is 0 Å². The van der Waals surface area contributed by atoms with Gasteiger partial charge < -0.3 is 19.5 Å². The SMILES string of the molecule is C=C/C=C(\C=C)COC(=O)NC(C(=O)OCC)C(C)OC(=O)CCS(=O)(=O)O.[HH]. The fourth-order valence-electron chi connectivity index (χ4n) is 1.79. The zero-order valence-electron chi connectivity index (χ0n) is 15.8. The molecule has 2 unspecified atom stereocenters. The molecule has 0 aromatic carbocycles. The van der Waals surface area contributed by atoms with Crippen molar-refractivity contribution in [3.8, 4) is 0 Å². The number of allylic oxidation sites excluding steroid dienone is 2. The van der Waals surface area contributed by atoms with Crippen LogP contribution in [0.25, 0.3) is 0 Å². The van der Waals surface area contributed by atoms with Crippen LogP contribution in [0.15, 0.2) is 37.0 Å². The summed E-state index contributed by atoms with van der Waals surface area (Å²) in [5.41, 5.74) is 0.558. The number of esters is 2. The first-order valence-corrected chi connectivity index (χ1v) is 9.83. The molecule has 0 fully saturated rings. The molecule has 0 aliphatic heterocycles. The van der Waals surface area contributed by atoms with E-state index in [-0.39, 0.29) is 14.6 Å². The van der Waals surface area contributed by atoms with Crippen molar-refractivity contribution in [2.75, 3.05) is 19.0 Å². The Bertz CT molecular complexity index is 718. The number of hydrogen-bond donors (Lipinski definition) is 2. The standard InChI is InChI=1S/C17H25NO9S.H2/c1-5-8-13(6-2)11-26-17(21)18-15(16(20)25-7-3)12(4)27-14(19)9-10-28(22,23)24;/h5-6,8,12,15H,1-2,7,9-11H2,3-4H3,(H,18,21)(H,22,23,24);1H/b13-8+;. The van der Waals surface area contributed by atoms with Gasteiger partial charge in [0.05, 0.1) is 18.8 Å². The Balaban J connectivity index is 0. The van der Waals surface area contributed by atoms with E-state index in [0.29, 0.717) is 5.57 Å². The lowest BCUT2D eigenvalue weighted by atomic mass is 10.2. The minimum Gasteiger partial charge on any atom is -0.464 e. The molecule has 2 atom stereocenters. The molecule has 1 amide bonds. The van der Waals surface area contributed by atoms with Gasteiger partial charge in [-0.1, -0.05) is 31.4 Å².